The molecule has 0 N–H and O–H groups in total. The summed E-state index contributed by atoms with van der Waals surface area (Å²) in [6.45, 7) is 2.29. The number of hydrogen-bond acceptors (Lipinski definition) is 0. The fourth-order valence-corrected chi connectivity index (χ4v) is 2.33. The van der Waals surface area contributed by atoms with E-state index in [9.17, 15) is 0 Å². The molecule has 15 heavy (non-hydrogen) atoms. The highest BCUT2D eigenvalue weighted by molar-refractivity contribution is 4.72. The van der Waals surface area contributed by atoms with E-state index in [2.05, 4.69) is 6.92 Å². The van der Waals surface area contributed by atoms with Gasteiger partial charge < -0.3 is 0 Å². The first-order chi connectivity index (χ1) is 7.43. The van der Waals surface area contributed by atoms with Gasteiger partial charge in [-0.25, -0.2) is 0 Å². The number of unbranched alkanes of at least 4 members (excludes halogenated alkanes) is 9. The van der Waals surface area contributed by atoms with Crippen molar-refractivity contribution in [3.63, 3.8) is 0 Å². The predicted octanol–water partition coefficient (Wildman–Crippen LogP) is 5.71. The van der Waals surface area contributed by atoms with Gasteiger partial charge >= 0.3 is 0 Å². The summed E-state index contributed by atoms with van der Waals surface area (Å²) in [6, 6.07) is 0. The zero-order chi connectivity index (χ0) is 10.8. The lowest BCUT2D eigenvalue weighted by Gasteiger charge is -2.01. The van der Waals surface area contributed by atoms with Gasteiger partial charge in [0.2, 0.25) is 0 Å². The van der Waals surface area contributed by atoms with E-state index < -0.39 is 0 Å². The van der Waals surface area contributed by atoms with Gasteiger partial charge in [-0.2, -0.15) is 0 Å². The first-order valence-corrected chi connectivity index (χ1v) is 7.43. The van der Waals surface area contributed by atoms with Gasteiger partial charge in [-0.05, 0) is 5.92 Å². The maximum absolute atomic E-state index is 2.29. The molecule has 1 aliphatic rings. The van der Waals surface area contributed by atoms with Crippen molar-refractivity contribution in [2.45, 2.75) is 90.4 Å². The molecule has 0 atom stereocenters. The average molecular weight is 210 g/mol. The second-order valence-corrected chi connectivity index (χ2v) is 5.41. The standard InChI is InChI=1S/C15H30/c1-2-3-4-5-6-7-8-9-10-11-12-15-13-14-15/h15H,2-14H2,1H3. The second-order valence-electron chi connectivity index (χ2n) is 5.41. The van der Waals surface area contributed by atoms with Gasteiger partial charge in [-0.3, -0.25) is 0 Å². The molecule has 1 fully saturated rings. The van der Waals surface area contributed by atoms with E-state index in [1.165, 1.54) is 83.5 Å². The molecule has 0 unspecified atom stereocenters. The Hall–Kier alpha value is 0. The molecular weight excluding hydrogens is 180 g/mol. The van der Waals surface area contributed by atoms with Crippen molar-refractivity contribution in [1.82, 2.24) is 0 Å². The van der Waals surface area contributed by atoms with E-state index in [1.807, 2.05) is 0 Å². The van der Waals surface area contributed by atoms with E-state index in [4.69, 9.17) is 0 Å². The van der Waals surface area contributed by atoms with Gasteiger partial charge in [0, 0.05) is 0 Å². The molecular formula is C15H30. The van der Waals surface area contributed by atoms with Crippen molar-refractivity contribution in [3.8, 4) is 0 Å². The SMILES string of the molecule is CCCCCCCCCCCCC1CC1. The topological polar surface area (TPSA) is 0 Å². The van der Waals surface area contributed by atoms with Crippen molar-refractivity contribution in [3.05, 3.63) is 0 Å². The third-order valence-electron chi connectivity index (χ3n) is 3.66. The molecule has 1 saturated carbocycles. The van der Waals surface area contributed by atoms with Gasteiger partial charge in [0.15, 0.2) is 0 Å². The van der Waals surface area contributed by atoms with Crippen molar-refractivity contribution in [1.29, 1.82) is 0 Å². The van der Waals surface area contributed by atoms with Gasteiger partial charge in [0.05, 0.1) is 0 Å². The normalized spacial score (nSPS) is 15.8. The van der Waals surface area contributed by atoms with Crippen LogP contribution in [0.3, 0.4) is 0 Å². The Morgan fingerprint density at radius 3 is 1.60 bits per heavy atom. The summed E-state index contributed by atoms with van der Waals surface area (Å²) in [5.74, 6) is 1.15. The summed E-state index contributed by atoms with van der Waals surface area (Å²) >= 11 is 0. The van der Waals surface area contributed by atoms with Crippen LogP contribution in [0.25, 0.3) is 0 Å². The lowest BCUT2D eigenvalue weighted by Crippen LogP contribution is -1.82. The van der Waals surface area contributed by atoms with Gasteiger partial charge in [0.25, 0.3) is 0 Å². The molecule has 0 nitrogen and oxygen atoms in total. The summed E-state index contributed by atoms with van der Waals surface area (Å²) in [5, 5.41) is 0. The maximum atomic E-state index is 2.29. The van der Waals surface area contributed by atoms with Crippen LogP contribution in [-0.4, -0.2) is 0 Å². The Bertz CT molecular complexity index is 124. The molecule has 1 rings (SSSR count). The van der Waals surface area contributed by atoms with E-state index in [1.54, 1.807) is 0 Å². The molecule has 0 aromatic heterocycles. The monoisotopic (exact) mass is 210 g/mol. The minimum absolute atomic E-state index is 1.15. The van der Waals surface area contributed by atoms with Crippen LogP contribution >= 0.6 is 0 Å². The Labute approximate surface area is 96.8 Å². The third-order valence-corrected chi connectivity index (χ3v) is 3.66. The second kappa shape index (κ2) is 9.24. The quantitative estimate of drug-likeness (QED) is 0.383. The predicted molar refractivity (Wildman–Crippen MR) is 69.2 cm³/mol. The minimum Gasteiger partial charge on any atom is -0.0654 e. The molecule has 0 bridgehead atoms. The van der Waals surface area contributed by atoms with Crippen LogP contribution < -0.4 is 0 Å². The first kappa shape index (κ1) is 13.1. The van der Waals surface area contributed by atoms with E-state index in [0.717, 1.165) is 5.92 Å². The van der Waals surface area contributed by atoms with Crippen LogP contribution in [0.4, 0.5) is 0 Å². The molecule has 1 aliphatic carbocycles. The molecule has 0 aromatic carbocycles. The average Bonchev–Trinajstić information content (AvgIpc) is 3.05. The fraction of sp³-hybridized carbons (Fsp3) is 1.00. The first-order valence-electron chi connectivity index (χ1n) is 7.43. The van der Waals surface area contributed by atoms with E-state index in [0.29, 0.717) is 0 Å². The van der Waals surface area contributed by atoms with Crippen LogP contribution in [0.1, 0.15) is 90.4 Å². The Morgan fingerprint density at radius 2 is 1.13 bits per heavy atom. The Balaban J connectivity index is 1.62. The Kier molecular flexibility index (Phi) is 8.05. The van der Waals surface area contributed by atoms with Crippen molar-refractivity contribution in [2.75, 3.05) is 0 Å². The zero-order valence-corrected chi connectivity index (χ0v) is 10.8. The largest absolute Gasteiger partial charge is 0.0654 e. The lowest BCUT2D eigenvalue weighted by atomic mass is 10.1. The van der Waals surface area contributed by atoms with Gasteiger partial charge in [0.1, 0.15) is 0 Å². The highest BCUT2D eigenvalue weighted by Crippen LogP contribution is 2.34. The van der Waals surface area contributed by atoms with Crippen LogP contribution in [-0.2, 0) is 0 Å². The van der Waals surface area contributed by atoms with Gasteiger partial charge in [-0.1, -0.05) is 90.4 Å². The van der Waals surface area contributed by atoms with Crippen LogP contribution in [0, 0.1) is 5.92 Å². The van der Waals surface area contributed by atoms with Crippen LogP contribution in [0.5, 0.6) is 0 Å². The molecule has 0 spiro atoms. The fourth-order valence-electron chi connectivity index (χ4n) is 2.33. The molecule has 0 amide bonds. The molecule has 90 valence electrons. The highest BCUT2D eigenvalue weighted by atomic mass is 14.3. The summed E-state index contributed by atoms with van der Waals surface area (Å²) in [4.78, 5) is 0. The molecule has 0 saturated heterocycles. The number of rotatable bonds is 11. The highest BCUT2D eigenvalue weighted by Gasteiger charge is 2.19. The van der Waals surface area contributed by atoms with Crippen LogP contribution in [0.15, 0.2) is 0 Å². The number of hydrogen-bond donors (Lipinski definition) is 0. The summed E-state index contributed by atoms with van der Waals surface area (Å²) in [5.41, 5.74) is 0. The van der Waals surface area contributed by atoms with E-state index >= 15 is 0 Å². The van der Waals surface area contributed by atoms with Crippen molar-refractivity contribution >= 4 is 0 Å². The maximum Gasteiger partial charge on any atom is -0.0414 e. The molecule has 0 heterocycles. The lowest BCUT2D eigenvalue weighted by molar-refractivity contribution is 0.540. The van der Waals surface area contributed by atoms with Gasteiger partial charge in [-0.15, -0.1) is 0 Å². The molecule has 0 aromatic rings. The third kappa shape index (κ3) is 8.96. The van der Waals surface area contributed by atoms with Crippen LogP contribution in [0.2, 0.25) is 0 Å². The smallest absolute Gasteiger partial charge is 0.0414 e. The summed E-state index contributed by atoms with van der Waals surface area (Å²) in [7, 11) is 0. The summed E-state index contributed by atoms with van der Waals surface area (Å²) < 4.78 is 0. The Morgan fingerprint density at radius 1 is 0.667 bits per heavy atom. The minimum atomic E-state index is 1.15. The van der Waals surface area contributed by atoms with E-state index in [-0.39, 0.29) is 0 Å². The molecule has 0 aliphatic heterocycles. The zero-order valence-electron chi connectivity index (χ0n) is 10.8. The van der Waals surface area contributed by atoms with Crippen molar-refractivity contribution in [2.24, 2.45) is 5.92 Å². The summed E-state index contributed by atoms with van der Waals surface area (Å²) in [6.07, 6.45) is 19.4. The van der Waals surface area contributed by atoms with Crippen molar-refractivity contribution < 1.29 is 0 Å². The molecule has 0 heteroatoms. The molecule has 0 radical (unpaired) electrons.